The molecular weight excluding hydrogens is 218 g/mol. The van der Waals surface area contributed by atoms with E-state index in [1.165, 1.54) is 0 Å². The molecule has 1 saturated carbocycles. The zero-order chi connectivity index (χ0) is 12.7. The molecule has 4 heteroatoms. The van der Waals surface area contributed by atoms with Gasteiger partial charge >= 0.3 is 6.09 Å². The standard InChI is InChI=1S/C13H21NO3/c1-4-12(2,3)17-11(16)14-6-5-13(9-14)7-10(15)8-13/h4-9H2,1-3H3. The van der Waals surface area contributed by atoms with Crippen molar-refractivity contribution in [2.45, 2.75) is 52.1 Å². The summed E-state index contributed by atoms with van der Waals surface area (Å²) < 4.78 is 5.46. The van der Waals surface area contributed by atoms with Gasteiger partial charge < -0.3 is 9.64 Å². The fourth-order valence-electron chi connectivity index (χ4n) is 2.54. The summed E-state index contributed by atoms with van der Waals surface area (Å²) in [6, 6.07) is 0. The number of ether oxygens (including phenoxy) is 1. The topological polar surface area (TPSA) is 46.6 Å². The van der Waals surface area contributed by atoms with Gasteiger partial charge in [0.2, 0.25) is 0 Å². The average molecular weight is 239 g/mol. The Bertz CT molecular complexity index is 341. The Kier molecular flexibility index (Phi) is 2.92. The van der Waals surface area contributed by atoms with Gasteiger partial charge in [0.05, 0.1) is 0 Å². The monoisotopic (exact) mass is 239 g/mol. The van der Waals surface area contributed by atoms with Crippen molar-refractivity contribution in [3.8, 4) is 0 Å². The number of ketones is 1. The molecule has 1 heterocycles. The molecule has 17 heavy (non-hydrogen) atoms. The summed E-state index contributed by atoms with van der Waals surface area (Å²) in [7, 11) is 0. The zero-order valence-electron chi connectivity index (χ0n) is 10.9. The number of rotatable bonds is 2. The molecule has 0 unspecified atom stereocenters. The third-order valence-electron chi connectivity index (χ3n) is 4.06. The van der Waals surface area contributed by atoms with Gasteiger partial charge in [-0.1, -0.05) is 6.92 Å². The minimum atomic E-state index is -0.401. The molecule has 0 N–H and O–H groups in total. The summed E-state index contributed by atoms with van der Waals surface area (Å²) in [4.78, 5) is 24.8. The first-order valence-electron chi connectivity index (χ1n) is 6.35. The average Bonchev–Trinajstić information content (AvgIpc) is 2.62. The van der Waals surface area contributed by atoms with Gasteiger partial charge in [-0.05, 0) is 26.7 Å². The van der Waals surface area contributed by atoms with Crippen LogP contribution in [0.2, 0.25) is 0 Å². The number of carbonyl (C=O) groups is 2. The van der Waals surface area contributed by atoms with Crippen LogP contribution in [0.1, 0.15) is 46.5 Å². The summed E-state index contributed by atoms with van der Waals surface area (Å²) in [6.45, 7) is 7.26. The number of hydrogen-bond donors (Lipinski definition) is 0. The molecule has 1 aliphatic heterocycles. The second-order valence-electron chi connectivity index (χ2n) is 6.04. The van der Waals surface area contributed by atoms with Gasteiger partial charge in [0, 0.05) is 31.3 Å². The molecule has 0 aromatic heterocycles. The van der Waals surface area contributed by atoms with Gasteiger partial charge in [0.15, 0.2) is 0 Å². The first-order chi connectivity index (χ1) is 7.86. The molecule has 96 valence electrons. The number of Topliss-reactive ketones (excluding diaryl/α,β-unsaturated/α-hetero) is 1. The summed E-state index contributed by atoms with van der Waals surface area (Å²) in [5.41, 5.74) is -0.311. The fourth-order valence-corrected chi connectivity index (χ4v) is 2.54. The van der Waals surface area contributed by atoms with Crippen LogP contribution in [-0.4, -0.2) is 35.5 Å². The minimum absolute atomic E-state index is 0.0897. The van der Waals surface area contributed by atoms with Crippen LogP contribution in [0.15, 0.2) is 0 Å². The normalized spacial score (nSPS) is 22.8. The second-order valence-corrected chi connectivity index (χ2v) is 6.04. The van der Waals surface area contributed by atoms with Crippen molar-refractivity contribution < 1.29 is 14.3 Å². The molecule has 1 saturated heterocycles. The number of carbonyl (C=O) groups excluding carboxylic acids is 2. The largest absolute Gasteiger partial charge is 0.443 e. The van der Waals surface area contributed by atoms with E-state index in [1.54, 1.807) is 4.90 Å². The quantitative estimate of drug-likeness (QED) is 0.743. The van der Waals surface area contributed by atoms with Gasteiger partial charge in [-0.3, -0.25) is 4.79 Å². The zero-order valence-corrected chi connectivity index (χ0v) is 10.9. The van der Waals surface area contributed by atoms with E-state index >= 15 is 0 Å². The molecule has 2 aliphatic rings. The number of amides is 1. The van der Waals surface area contributed by atoms with Crippen molar-refractivity contribution in [3.05, 3.63) is 0 Å². The maximum absolute atomic E-state index is 11.9. The van der Waals surface area contributed by atoms with Gasteiger partial charge in [0.25, 0.3) is 0 Å². The van der Waals surface area contributed by atoms with Crippen LogP contribution in [0.4, 0.5) is 4.79 Å². The lowest BCUT2D eigenvalue weighted by Gasteiger charge is -2.36. The first kappa shape index (κ1) is 12.4. The third-order valence-corrected chi connectivity index (χ3v) is 4.06. The molecular formula is C13H21NO3. The Morgan fingerprint density at radius 1 is 1.47 bits per heavy atom. The third kappa shape index (κ3) is 2.45. The maximum atomic E-state index is 11.9. The van der Waals surface area contributed by atoms with Crippen molar-refractivity contribution in [1.82, 2.24) is 4.90 Å². The highest BCUT2D eigenvalue weighted by Crippen LogP contribution is 2.45. The Balaban J connectivity index is 1.88. The predicted molar refractivity (Wildman–Crippen MR) is 63.7 cm³/mol. The van der Waals surface area contributed by atoms with Crippen LogP contribution in [0, 0.1) is 5.41 Å². The summed E-state index contributed by atoms with van der Waals surface area (Å²) in [5.74, 6) is 0.328. The van der Waals surface area contributed by atoms with Crippen LogP contribution < -0.4 is 0 Å². The van der Waals surface area contributed by atoms with Gasteiger partial charge in [-0.2, -0.15) is 0 Å². The number of hydrogen-bond acceptors (Lipinski definition) is 3. The van der Waals surface area contributed by atoms with Gasteiger partial charge in [-0.15, -0.1) is 0 Å². The van der Waals surface area contributed by atoms with E-state index < -0.39 is 5.60 Å². The van der Waals surface area contributed by atoms with E-state index in [0.717, 1.165) is 19.4 Å². The number of likely N-dealkylation sites (tertiary alicyclic amines) is 1. The highest BCUT2D eigenvalue weighted by molar-refractivity contribution is 5.86. The highest BCUT2D eigenvalue weighted by atomic mass is 16.6. The molecule has 4 nitrogen and oxygen atoms in total. The minimum Gasteiger partial charge on any atom is -0.443 e. The summed E-state index contributed by atoms with van der Waals surface area (Å²) in [5, 5.41) is 0. The van der Waals surface area contributed by atoms with E-state index in [0.29, 0.717) is 25.2 Å². The predicted octanol–water partition coefficient (Wildman–Crippen LogP) is 2.37. The van der Waals surface area contributed by atoms with Crippen LogP contribution in [0.3, 0.4) is 0 Å². The molecule has 1 aliphatic carbocycles. The SMILES string of the molecule is CCC(C)(C)OC(=O)N1CCC2(CC(=O)C2)C1. The summed E-state index contributed by atoms with van der Waals surface area (Å²) in [6.07, 6.45) is 2.81. The first-order valence-corrected chi connectivity index (χ1v) is 6.35. The molecule has 2 fully saturated rings. The van der Waals surface area contributed by atoms with Gasteiger partial charge in [-0.25, -0.2) is 4.79 Å². The molecule has 1 spiro atoms. The van der Waals surface area contributed by atoms with E-state index in [-0.39, 0.29) is 11.5 Å². The highest BCUT2D eigenvalue weighted by Gasteiger charge is 2.49. The van der Waals surface area contributed by atoms with Crippen LogP contribution in [-0.2, 0) is 9.53 Å². The molecule has 0 aromatic carbocycles. The van der Waals surface area contributed by atoms with E-state index in [9.17, 15) is 9.59 Å². The van der Waals surface area contributed by atoms with Crippen LogP contribution in [0.5, 0.6) is 0 Å². The maximum Gasteiger partial charge on any atom is 0.410 e. The second kappa shape index (κ2) is 4.00. The van der Waals surface area contributed by atoms with Crippen molar-refractivity contribution in [1.29, 1.82) is 0 Å². The van der Waals surface area contributed by atoms with Crippen molar-refractivity contribution in [2.24, 2.45) is 5.41 Å². The molecule has 0 atom stereocenters. The summed E-state index contributed by atoms with van der Waals surface area (Å²) >= 11 is 0. The van der Waals surface area contributed by atoms with Crippen molar-refractivity contribution in [3.63, 3.8) is 0 Å². The molecule has 0 bridgehead atoms. The fraction of sp³-hybridized carbons (Fsp3) is 0.846. The van der Waals surface area contributed by atoms with Gasteiger partial charge in [0.1, 0.15) is 11.4 Å². The lowest BCUT2D eigenvalue weighted by atomic mass is 9.67. The number of nitrogens with zero attached hydrogens (tertiary/aromatic N) is 1. The Morgan fingerprint density at radius 3 is 2.65 bits per heavy atom. The Morgan fingerprint density at radius 2 is 2.12 bits per heavy atom. The van der Waals surface area contributed by atoms with Crippen LogP contribution in [0.25, 0.3) is 0 Å². The smallest absolute Gasteiger partial charge is 0.410 e. The molecule has 1 amide bonds. The lowest BCUT2D eigenvalue weighted by molar-refractivity contribution is -0.132. The van der Waals surface area contributed by atoms with Crippen molar-refractivity contribution in [2.75, 3.05) is 13.1 Å². The molecule has 2 rings (SSSR count). The lowest BCUT2D eigenvalue weighted by Crippen LogP contribution is -2.42. The van der Waals surface area contributed by atoms with Crippen LogP contribution >= 0.6 is 0 Å². The molecule has 0 aromatic rings. The molecule has 0 radical (unpaired) electrons. The van der Waals surface area contributed by atoms with E-state index in [2.05, 4.69) is 0 Å². The van der Waals surface area contributed by atoms with Crippen molar-refractivity contribution >= 4 is 11.9 Å². The Labute approximate surface area is 102 Å². The van der Waals surface area contributed by atoms with E-state index in [4.69, 9.17) is 4.74 Å². The van der Waals surface area contributed by atoms with E-state index in [1.807, 2.05) is 20.8 Å². The Hall–Kier alpha value is -1.06.